The number of aliphatic hydroxyl groups is 1. The Bertz CT molecular complexity index is 855. The highest BCUT2D eigenvalue weighted by Gasteiger charge is 2.25. The van der Waals surface area contributed by atoms with Gasteiger partial charge in [0, 0.05) is 25.0 Å². The molecule has 0 aliphatic carbocycles. The lowest BCUT2D eigenvalue weighted by Gasteiger charge is -2.32. The minimum Gasteiger partial charge on any atom is -0.388 e. The Morgan fingerprint density at radius 1 is 1.00 bits per heavy atom. The molecule has 1 saturated heterocycles. The number of pyridine rings is 1. The van der Waals surface area contributed by atoms with Crippen LogP contribution < -0.4 is 4.90 Å². The molecule has 0 spiro atoms. The number of hydrogen-bond acceptors (Lipinski definition) is 5. The van der Waals surface area contributed by atoms with Crippen LogP contribution in [0.2, 0.25) is 0 Å². The number of hydrogen-bond donors (Lipinski definition) is 1. The van der Waals surface area contributed by atoms with E-state index in [4.69, 9.17) is 4.98 Å². The van der Waals surface area contributed by atoms with Crippen LogP contribution in [0, 0.1) is 0 Å². The zero-order valence-corrected chi connectivity index (χ0v) is 14.8. The molecule has 0 bridgehead atoms. The number of aliphatic hydroxyl groups excluding tert-OH is 1. The van der Waals surface area contributed by atoms with Crippen molar-refractivity contribution >= 4 is 17.0 Å². The lowest BCUT2D eigenvalue weighted by molar-refractivity contribution is 0.155. The molecule has 0 amide bonds. The van der Waals surface area contributed by atoms with Crippen molar-refractivity contribution in [2.24, 2.45) is 0 Å². The quantitative estimate of drug-likeness (QED) is 0.775. The van der Waals surface area contributed by atoms with E-state index < -0.39 is 6.10 Å². The molecule has 3 heterocycles. The molecule has 1 aromatic carbocycles. The van der Waals surface area contributed by atoms with E-state index >= 15 is 0 Å². The SMILES string of the molecule is O[C@H](C[C@H]1CCCCCN1c1ccc2nccnc2n1)c1ccccc1. The van der Waals surface area contributed by atoms with Crippen LogP contribution in [0.5, 0.6) is 0 Å². The zero-order chi connectivity index (χ0) is 17.8. The summed E-state index contributed by atoms with van der Waals surface area (Å²) in [5.74, 6) is 0.935. The predicted octanol–water partition coefficient (Wildman–Crippen LogP) is 3.90. The molecular formula is C21H24N4O. The van der Waals surface area contributed by atoms with Gasteiger partial charge in [0.1, 0.15) is 11.3 Å². The van der Waals surface area contributed by atoms with Crippen molar-refractivity contribution in [2.45, 2.75) is 44.2 Å². The van der Waals surface area contributed by atoms with Crippen molar-refractivity contribution in [1.82, 2.24) is 15.0 Å². The summed E-state index contributed by atoms with van der Waals surface area (Å²) in [4.78, 5) is 15.7. The van der Waals surface area contributed by atoms with Crippen LogP contribution in [0.3, 0.4) is 0 Å². The monoisotopic (exact) mass is 348 g/mol. The molecule has 0 radical (unpaired) electrons. The van der Waals surface area contributed by atoms with Gasteiger partial charge in [-0.15, -0.1) is 0 Å². The maximum Gasteiger partial charge on any atom is 0.180 e. The molecule has 1 aliphatic heterocycles. The van der Waals surface area contributed by atoms with Crippen molar-refractivity contribution in [3.05, 3.63) is 60.4 Å². The normalized spacial score (nSPS) is 19.3. The van der Waals surface area contributed by atoms with E-state index in [9.17, 15) is 5.11 Å². The molecule has 26 heavy (non-hydrogen) atoms. The fourth-order valence-corrected chi connectivity index (χ4v) is 3.80. The Morgan fingerprint density at radius 3 is 2.73 bits per heavy atom. The number of fused-ring (bicyclic) bond motifs is 1. The van der Waals surface area contributed by atoms with Crippen molar-refractivity contribution < 1.29 is 5.11 Å². The van der Waals surface area contributed by atoms with Gasteiger partial charge in [0.05, 0.1) is 6.10 Å². The first-order valence-corrected chi connectivity index (χ1v) is 9.39. The minimum absolute atomic E-state index is 0.273. The average Bonchev–Trinajstić information content (AvgIpc) is 2.93. The standard InChI is InChI=1S/C21H24N4O/c26-19(16-7-3-1-4-8-16)15-17-9-5-2-6-14-25(17)20-11-10-18-21(24-20)23-13-12-22-18/h1,3-4,7-8,10-13,17,19,26H,2,5-6,9,14-15H2/t17-,19-/m1/s1. The summed E-state index contributed by atoms with van der Waals surface area (Å²) in [6, 6.07) is 14.2. The molecule has 2 atom stereocenters. The van der Waals surface area contributed by atoms with Crippen molar-refractivity contribution in [2.75, 3.05) is 11.4 Å². The second-order valence-corrected chi connectivity index (χ2v) is 6.93. The maximum atomic E-state index is 10.7. The van der Waals surface area contributed by atoms with Crippen molar-refractivity contribution in [3.8, 4) is 0 Å². The van der Waals surface area contributed by atoms with E-state index in [1.54, 1.807) is 12.4 Å². The first-order valence-electron chi connectivity index (χ1n) is 9.39. The van der Waals surface area contributed by atoms with Gasteiger partial charge in [-0.2, -0.15) is 0 Å². The van der Waals surface area contributed by atoms with E-state index in [0.717, 1.165) is 36.3 Å². The summed E-state index contributed by atoms with van der Waals surface area (Å²) in [5, 5.41) is 10.7. The fraction of sp³-hybridized carbons (Fsp3) is 0.381. The summed E-state index contributed by atoms with van der Waals surface area (Å²) < 4.78 is 0. The van der Waals surface area contributed by atoms with E-state index in [1.807, 2.05) is 42.5 Å². The smallest absolute Gasteiger partial charge is 0.180 e. The van der Waals surface area contributed by atoms with E-state index in [1.165, 1.54) is 12.8 Å². The van der Waals surface area contributed by atoms with Gasteiger partial charge in [0.25, 0.3) is 0 Å². The topological polar surface area (TPSA) is 62.1 Å². The molecule has 134 valence electrons. The van der Waals surface area contributed by atoms with Gasteiger partial charge in [-0.25, -0.2) is 9.97 Å². The Hall–Kier alpha value is -2.53. The number of aromatic nitrogens is 3. The van der Waals surface area contributed by atoms with E-state index in [2.05, 4.69) is 14.9 Å². The molecule has 0 unspecified atom stereocenters. The van der Waals surface area contributed by atoms with Gasteiger partial charge >= 0.3 is 0 Å². The Labute approximate surface area is 153 Å². The van der Waals surface area contributed by atoms with Crippen LogP contribution in [-0.2, 0) is 0 Å². The van der Waals surface area contributed by atoms with Gasteiger partial charge in [-0.3, -0.25) is 4.98 Å². The number of benzene rings is 1. The Morgan fingerprint density at radius 2 is 1.85 bits per heavy atom. The largest absolute Gasteiger partial charge is 0.388 e. The minimum atomic E-state index is -0.456. The second-order valence-electron chi connectivity index (χ2n) is 6.93. The zero-order valence-electron chi connectivity index (χ0n) is 14.8. The lowest BCUT2D eigenvalue weighted by atomic mass is 9.98. The Balaban J connectivity index is 1.60. The molecule has 1 N–H and O–H groups in total. The molecule has 1 fully saturated rings. The molecular weight excluding hydrogens is 324 g/mol. The third kappa shape index (κ3) is 3.68. The third-order valence-corrected chi connectivity index (χ3v) is 5.17. The van der Waals surface area contributed by atoms with Gasteiger partial charge in [0.2, 0.25) is 0 Å². The average molecular weight is 348 g/mol. The highest BCUT2D eigenvalue weighted by atomic mass is 16.3. The summed E-state index contributed by atoms with van der Waals surface area (Å²) in [5.41, 5.74) is 2.47. The van der Waals surface area contributed by atoms with Crippen molar-refractivity contribution in [1.29, 1.82) is 0 Å². The van der Waals surface area contributed by atoms with E-state index in [-0.39, 0.29) is 6.04 Å². The summed E-state index contributed by atoms with van der Waals surface area (Å²) in [6.07, 6.45) is 8.26. The highest BCUT2D eigenvalue weighted by molar-refractivity contribution is 5.71. The summed E-state index contributed by atoms with van der Waals surface area (Å²) >= 11 is 0. The van der Waals surface area contributed by atoms with Gasteiger partial charge < -0.3 is 10.0 Å². The summed E-state index contributed by atoms with van der Waals surface area (Å²) in [6.45, 7) is 0.963. The molecule has 1 aliphatic rings. The molecule has 2 aromatic heterocycles. The number of nitrogens with zero attached hydrogens (tertiary/aromatic N) is 4. The van der Waals surface area contributed by atoms with Crippen LogP contribution in [0.1, 0.15) is 43.8 Å². The van der Waals surface area contributed by atoms with Crippen LogP contribution in [0.25, 0.3) is 11.2 Å². The number of rotatable bonds is 4. The number of anilines is 1. The Kier molecular flexibility index (Phi) is 5.07. The molecule has 3 aromatic rings. The third-order valence-electron chi connectivity index (χ3n) is 5.17. The van der Waals surface area contributed by atoms with Crippen LogP contribution in [0.4, 0.5) is 5.82 Å². The predicted molar refractivity (Wildman–Crippen MR) is 103 cm³/mol. The van der Waals surface area contributed by atoms with Crippen LogP contribution in [0.15, 0.2) is 54.9 Å². The first kappa shape index (κ1) is 16.9. The van der Waals surface area contributed by atoms with Crippen LogP contribution in [-0.4, -0.2) is 32.6 Å². The fourth-order valence-electron chi connectivity index (χ4n) is 3.80. The maximum absolute atomic E-state index is 10.7. The molecule has 5 nitrogen and oxygen atoms in total. The van der Waals surface area contributed by atoms with Gasteiger partial charge in [-0.05, 0) is 37.0 Å². The second kappa shape index (κ2) is 7.79. The summed E-state index contributed by atoms with van der Waals surface area (Å²) in [7, 11) is 0. The van der Waals surface area contributed by atoms with Gasteiger partial charge in [-0.1, -0.05) is 43.2 Å². The lowest BCUT2D eigenvalue weighted by Crippen LogP contribution is -2.36. The van der Waals surface area contributed by atoms with E-state index in [0.29, 0.717) is 12.1 Å². The van der Waals surface area contributed by atoms with Gasteiger partial charge in [0.15, 0.2) is 5.65 Å². The van der Waals surface area contributed by atoms with Crippen LogP contribution >= 0.6 is 0 Å². The molecule has 5 heteroatoms. The first-order chi connectivity index (χ1) is 12.8. The highest BCUT2D eigenvalue weighted by Crippen LogP contribution is 2.29. The van der Waals surface area contributed by atoms with Crippen molar-refractivity contribution in [3.63, 3.8) is 0 Å². The molecule has 4 rings (SSSR count). The molecule has 0 saturated carbocycles.